The molecule has 1 N–H and O–H groups in total. The largest absolute Gasteiger partial charge is 0.255 e. The summed E-state index contributed by atoms with van der Waals surface area (Å²) >= 11 is 0. The van der Waals surface area contributed by atoms with Gasteiger partial charge in [-0.05, 0) is 37.2 Å². The maximum atomic E-state index is 7.62. The van der Waals surface area contributed by atoms with E-state index >= 15 is 0 Å². The summed E-state index contributed by atoms with van der Waals surface area (Å²) < 4.78 is 0. The maximum absolute atomic E-state index is 7.62. The standard InChI is InChI=1S/C12H16N/c13-12-8-6-11(7-9-12)10-4-2-1-3-5-10/h1-5,11-13H,6-9H2. The second kappa shape index (κ2) is 3.93. The molecule has 1 heteroatoms. The summed E-state index contributed by atoms with van der Waals surface area (Å²) in [6.07, 6.45) is 4.58. The van der Waals surface area contributed by atoms with E-state index in [2.05, 4.69) is 30.3 Å². The van der Waals surface area contributed by atoms with Crippen LogP contribution in [0.4, 0.5) is 0 Å². The highest BCUT2D eigenvalue weighted by Crippen LogP contribution is 2.32. The van der Waals surface area contributed by atoms with Crippen LogP contribution < -0.4 is 5.73 Å². The van der Waals surface area contributed by atoms with Crippen LogP contribution in [-0.2, 0) is 0 Å². The number of rotatable bonds is 1. The van der Waals surface area contributed by atoms with Gasteiger partial charge in [0.25, 0.3) is 0 Å². The van der Waals surface area contributed by atoms with Crippen molar-refractivity contribution in [1.82, 2.24) is 5.73 Å². The summed E-state index contributed by atoms with van der Waals surface area (Å²) in [6.45, 7) is 0. The molecule has 1 radical (unpaired) electrons. The quantitative estimate of drug-likeness (QED) is 0.625. The smallest absolute Gasteiger partial charge is 0.0213 e. The molecule has 0 unspecified atom stereocenters. The van der Waals surface area contributed by atoms with Crippen LogP contribution in [0, 0.1) is 0 Å². The van der Waals surface area contributed by atoms with E-state index in [9.17, 15) is 0 Å². The summed E-state index contributed by atoms with van der Waals surface area (Å²) in [5, 5.41) is 0. The summed E-state index contributed by atoms with van der Waals surface area (Å²) in [5.41, 5.74) is 9.09. The molecule has 1 nitrogen and oxygen atoms in total. The maximum Gasteiger partial charge on any atom is 0.0213 e. The molecule has 1 aromatic carbocycles. The van der Waals surface area contributed by atoms with Gasteiger partial charge < -0.3 is 0 Å². The van der Waals surface area contributed by atoms with Gasteiger partial charge in [-0.15, -0.1) is 0 Å². The molecule has 1 aromatic rings. The van der Waals surface area contributed by atoms with Crippen molar-refractivity contribution in [3.05, 3.63) is 35.9 Å². The number of benzene rings is 1. The number of hydrogen-bond donors (Lipinski definition) is 0. The first-order valence-electron chi connectivity index (χ1n) is 5.12. The summed E-state index contributed by atoms with van der Waals surface area (Å²) in [4.78, 5) is 0. The number of hydrogen-bond acceptors (Lipinski definition) is 0. The van der Waals surface area contributed by atoms with E-state index in [0.29, 0.717) is 0 Å². The highest BCUT2D eigenvalue weighted by molar-refractivity contribution is 5.19. The summed E-state index contributed by atoms with van der Waals surface area (Å²) in [7, 11) is 0. The van der Waals surface area contributed by atoms with E-state index in [1.807, 2.05) is 0 Å². The van der Waals surface area contributed by atoms with Crippen molar-refractivity contribution in [2.45, 2.75) is 37.6 Å². The second-order valence-electron chi connectivity index (χ2n) is 3.96. The van der Waals surface area contributed by atoms with Gasteiger partial charge in [0.15, 0.2) is 0 Å². The van der Waals surface area contributed by atoms with Gasteiger partial charge in [-0.25, -0.2) is 0 Å². The highest BCUT2D eigenvalue weighted by atomic mass is 14.6. The molecule has 1 fully saturated rings. The molecule has 1 aliphatic carbocycles. The van der Waals surface area contributed by atoms with Gasteiger partial charge in [0.2, 0.25) is 0 Å². The normalized spacial score (nSPS) is 28.7. The SMILES string of the molecule is [NH]C1CCC(c2ccccc2)CC1. The second-order valence-corrected chi connectivity index (χ2v) is 3.96. The van der Waals surface area contributed by atoms with Gasteiger partial charge >= 0.3 is 0 Å². The van der Waals surface area contributed by atoms with Crippen LogP contribution in [0.5, 0.6) is 0 Å². The van der Waals surface area contributed by atoms with Crippen LogP contribution in [0.25, 0.3) is 0 Å². The Labute approximate surface area is 80.0 Å². The zero-order valence-electron chi connectivity index (χ0n) is 7.87. The van der Waals surface area contributed by atoms with Gasteiger partial charge in [0.1, 0.15) is 0 Å². The molecular formula is C12H16N. The fraction of sp³-hybridized carbons (Fsp3) is 0.500. The van der Waals surface area contributed by atoms with E-state index in [0.717, 1.165) is 18.8 Å². The topological polar surface area (TPSA) is 23.8 Å². The predicted octanol–water partition coefficient (Wildman–Crippen LogP) is 3.00. The Morgan fingerprint density at radius 2 is 1.54 bits per heavy atom. The monoisotopic (exact) mass is 174 g/mol. The molecular weight excluding hydrogens is 158 g/mol. The molecule has 0 aliphatic heterocycles. The zero-order valence-corrected chi connectivity index (χ0v) is 7.87. The molecule has 0 aromatic heterocycles. The van der Waals surface area contributed by atoms with Crippen molar-refractivity contribution in [2.75, 3.05) is 0 Å². The third-order valence-electron chi connectivity index (χ3n) is 3.00. The Balaban J connectivity index is 2.03. The Hall–Kier alpha value is -0.820. The molecule has 0 saturated heterocycles. The fourth-order valence-corrected chi connectivity index (χ4v) is 2.15. The van der Waals surface area contributed by atoms with Gasteiger partial charge in [0.05, 0.1) is 0 Å². The average molecular weight is 174 g/mol. The lowest BCUT2D eigenvalue weighted by atomic mass is 9.82. The van der Waals surface area contributed by atoms with E-state index in [1.54, 1.807) is 0 Å². The average Bonchev–Trinajstić information content (AvgIpc) is 2.20. The summed E-state index contributed by atoms with van der Waals surface area (Å²) in [6, 6.07) is 10.9. The predicted molar refractivity (Wildman–Crippen MR) is 54.5 cm³/mol. The van der Waals surface area contributed by atoms with Crippen LogP contribution in [0.2, 0.25) is 0 Å². The zero-order chi connectivity index (χ0) is 9.10. The molecule has 0 spiro atoms. The number of nitrogens with one attached hydrogen (secondary N) is 1. The lowest BCUT2D eigenvalue weighted by Crippen LogP contribution is -2.18. The van der Waals surface area contributed by atoms with Gasteiger partial charge in [0, 0.05) is 6.04 Å². The minimum absolute atomic E-state index is 0.208. The van der Waals surface area contributed by atoms with Gasteiger partial charge in [-0.1, -0.05) is 30.3 Å². The molecule has 0 atom stereocenters. The third kappa shape index (κ3) is 2.10. The van der Waals surface area contributed by atoms with Crippen molar-refractivity contribution in [1.29, 1.82) is 0 Å². The van der Waals surface area contributed by atoms with Crippen molar-refractivity contribution in [3.8, 4) is 0 Å². The first-order valence-corrected chi connectivity index (χ1v) is 5.12. The molecule has 13 heavy (non-hydrogen) atoms. The Kier molecular flexibility index (Phi) is 2.65. The Bertz CT molecular complexity index is 247. The first kappa shape index (κ1) is 8.76. The van der Waals surface area contributed by atoms with Crippen molar-refractivity contribution in [2.24, 2.45) is 0 Å². The van der Waals surface area contributed by atoms with E-state index in [1.165, 1.54) is 18.4 Å². The van der Waals surface area contributed by atoms with Gasteiger partial charge in [-0.2, -0.15) is 0 Å². The van der Waals surface area contributed by atoms with E-state index < -0.39 is 0 Å². The van der Waals surface area contributed by atoms with E-state index in [-0.39, 0.29) is 6.04 Å². The fourth-order valence-electron chi connectivity index (χ4n) is 2.15. The lowest BCUT2D eigenvalue weighted by Gasteiger charge is -2.25. The molecule has 1 aliphatic rings. The summed E-state index contributed by atoms with van der Waals surface area (Å²) in [5.74, 6) is 0.725. The molecule has 0 heterocycles. The minimum Gasteiger partial charge on any atom is -0.255 e. The van der Waals surface area contributed by atoms with Crippen molar-refractivity contribution < 1.29 is 0 Å². The van der Waals surface area contributed by atoms with Crippen LogP contribution in [0.15, 0.2) is 30.3 Å². The third-order valence-corrected chi connectivity index (χ3v) is 3.00. The van der Waals surface area contributed by atoms with Crippen molar-refractivity contribution >= 4 is 0 Å². The molecule has 0 amide bonds. The van der Waals surface area contributed by atoms with Crippen molar-refractivity contribution in [3.63, 3.8) is 0 Å². The Morgan fingerprint density at radius 3 is 2.15 bits per heavy atom. The molecule has 2 rings (SSSR count). The first-order chi connectivity index (χ1) is 6.36. The van der Waals surface area contributed by atoms with Crippen LogP contribution in [0.3, 0.4) is 0 Å². The lowest BCUT2D eigenvalue weighted by molar-refractivity contribution is 0.388. The molecule has 69 valence electrons. The van der Waals surface area contributed by atoms with Crippen LogP contribution >= 0.6 is 0 Å². The Morgan fingerprint density at radius 1 is 0.923 bits per heavy atom. The van der Waals surface area contributed by atoms with Gasteiger partial charge in [-0.3, -0.25) is 5.73 Å². The van der Waals surface area contributed by atoms with Crippen LogP contribution in [0.1, 0.15) is 37.2 Å². The highest BCUT2D eigenvalue weighted by Gasteiger charge is 2.19. The van der Waals surface area contributed by atoms with Crippen LogP contribution in [-0.4, -0.2) is 6.04 Å². The molecule has 0 bridgehead atoms. The van der Waals surface area contributed by atoms with E-state index in [4.69, 9.17) is 5.73 Å². The molecule has 1 saturated carbocycles. The minimum atomic E-state index is 0.208.